The summed E-state index contributed by atoms with van der Waals surface area (Å²) >= 11 is 0. The van der Waals surface area contributed by atoms with Crippen LogP contribution < -0.4 is 15.4 Å². The van der Waals surface area contributed by atoms with E-state index in [-0.39, 0.29) is 18.1 Å². The Morgan fingerprint density at radius 2 is 2.00 bits per heavy atom. The molecule has 2 rings (SSSR count). The molecule has 0 aliphatic heterocycles. The first-order chi connectivity index (χ1) is 11.1. The zero-order chi connectivity index (χ0) is 16.7. The minimum absolute atomic E-state index is 0.108. The quantitative estimate of drug-likeness (QED) is 0.825. The van der Waals surface area contributed by atoms with Gasteiger partial charge in [-0.1, -0.05) is 31.2 Å². The number of carbonyl (C=O) groups excluding carboxylic acids is 1. The van der Waals surface area contributed by atoms with E-state index in [1.165, 1.54) is 19.2 Å². The number of carbonyl (C=O) groups is 1. The monoisotopic (exact) mass is 316 g/mol. The summed E-state index contributed by atoms with van der Waals surface area (Å²) in [6.45, 7) is 3.57. The van der Waals surface area contributed by atoms with Crippen LogP contribution in [0.3, 0.4) is 0 Å². The maximum atomic E-state index is 13.7. The molecule has 0 fully saturated rings. The first-order valence-corrected chi connectivity index (χ1v) is 7.55. The van der Waals surface area contributed by atoms with E-state index in [1.54, 1.807) is 6.07 Å². The zero-order valence-corrected chi connectivity index (χ0v) is 13.4. The molecule has 0 radical (unpaired) electrons. The van der Waals surface area contributed by atoms with Crippen LogP contribution in [0.1, 0.15) is 18.1 Å². The van der Waals surface area contributed by atoms with E-state index in [9.17, 15) is 9.18 Å². The fourth-order valence-corrected chi connectivity index (χ4v) is 2.26. The van der Waals surface area contributed by atoms with Crippen molar-refractivity contribution < 1.29 is 13.9 Å². The molecular weight excluding hydrogens is 295 g/mol. The summed E-state index contributed by atoms with van der Waals surface area (Å²) in [5, 5.41) is 6.12. The fourth-order valence-electron chi connectivity index (χ4n) is 2.26. The Hall–Kier alpha value is -2.40. The van der Waals surface area contributed by atoms with Gasteiger partial charge in [-0.25, -0.2) is 4.39 Å². The van der Waals surface area contributed by atoms with Crippen molar-refractivity contribution in [2.45, 2.75) is 19.9 Å². The van der Waals surface area contributed by atoms with E-state index in [0.717, 1.165) is 17.8 Å². The average molecular weight is 316 g/mol. The summed E-state index contributed by atoms with van der Waals surface area (Å²) in [5.74, 6) is -0.478. The van der Waals surface area contributed by atoms with Crippen molar-refractivity contribution in [3.8, 4) is 5.75 Å². The molecule has 23 heavy (non-hydrogen) atoms. The van der Waals surface area contributed by atoms with Crippen LogP contribution in [0.5, 0.6) is 5.75 Å². The molecule has 2 aromatic carbocycles. The Morgan fingerprint density at radius 1 is 1.22 bits per heavy atom. The third-order valence-corrected chi connectivity index (χ3v) is 3.44. The number of methoxy groups -OCH3 is 1. The normalized spacial score (nSPS) is 10.4. The lowest BCUT2D eigenvalue weighted by molar-refractivity contribution is -0.115. The number of nitrogens with one attached hydrogen (secondary N) is 2. The molecule has 0 saturated carbocycles. The molecule has 2 N–H and O–H groups in total. The SMILES string of the molecule is CCNCc1ccccc1NC(=O)Cc1ccc(OC)c(F)c1. The number of ether oxygens (including phenoxy) is 1. The smallest absolute Gasteiger partial charge is 0.228 e. The Balaban J connectivity index is 2.03. The lowest BCUT2D eigenvalue weighted by atomic mass is 10.1. The molecule has 0 unspecified atom stereocenters. The lowest BCUT2D eigenvalue weighted by Crippen LogP contribution is -2.18. The topological polar surface area (TPSA) is 50.4 Å². The molecule has 0 aliphatic rings. The number of halogens is 1. The molecule has 1 amide bonds. The Labute approximate surface area is 135 Å². The van der Waals surface area contributed by atoms with Crippen LogP contribution in [0.2, 0.25) is 0 Å². The van der Waals surface area contributed by atoms with Crippen LogP contribution in [0.4, 0.5) is 10.1 Å². The molecule has 0 aliphatic carbocycles. The second-order valence-corrected chi connectivity index (χ2v) is 5.13. The molecule has 0 aromatic heterocycles. The molecular formula is C18H21FN2O2. The summed E-state index contributed by atoms with van der Waals surface area (Å²) in [6, 6.07) is 12.2. The van der Waals surface area contributed by atoms with E-state index in [0.29, 0.717) is 12.1 Å². The van der Waals surface area contributed by atoms with Crippen molar-refractivity contribution in [3.63, 3.8) is 0 Å². The summed E-state index contributed by atoms with van der Waals surface area (Å²) in [4.78, 5) is 12.2. The standard InChI is InChI=1S/C18H21FN2O2/c1-3-20-12-14-6-4-5-7-16(14)21-18(22)11-13-8-9-17(23-2)15(19)10-13/h4-10,20H,3,11-12H2,1-2H3,(H,21,22). The Bertz CT molecular complexity index is 674. The van der Waals surface area contributed by atoms with Gasteiger partial charge in [0.2, 0.25) is 5.91 Å². The minimum Gasteiger partial charge on any atom is -0.494 e. The van der Waals surface area contributed by atoms with Gasteiger partial charge in [0, 0.05) is 12.2 Å². The van der Waals surface area contributed by atoms with Gasteiger partial charge in [0.25, 0.3) is 0 Å². The van der Waals surface area contributed by atoms with Gasteiger partial charge < -0.3 is 15.4 Å². The molecule has 0 bridgehead atoms. The van der Waals surface area contributed by atoms with E-state index >= 15 is 0 Å². The predicted molar refractivity (Wildman–Crippen MR) is 89.1 cm³/mol. The van der Waals surface area contributed by atoms with E-state index < -0.39 is 5.82 Å². The van der Waals surface area contributed by atoms with Crippen molar-refractivity contribution in [1.29, 1.82) is 0 Å². The highest BCUT2D eigenvalue weighted by Crippen LogP contribution is 2.19. The predicted octanol–water partition coefficient (Wildman–Crippen LogP) is 3.13. The fraction of sp³-hybridized carbons (Fsp3) is 0.278. The van der Waals surface area contributed by atoms with Crippen molar-refractivity contribution in [2.24, 2.45) is 0 Å². The number of para-hydroxylation sites is 1. The zero-order valence-electron chi connectivity index (χ0n) is 13.4. The number of anilines is 1. The first-order valence-electron chi connectivity index (χ1n) is 7.55. The van der Waals surface area contributed by atoms with Crippen molar-refractivity contribution >= 4 is 11.6 Å². The summed E-state index contributed by atoms with van der Waals surface area (Å²) in [5.41, 5.74) is 2.39. The van der Waals surface area contributed by atoms with E-state index in [4.69, 9.17) is 4.74 Å². The Morgan fingerprint density at radius 3 is 2.70 bits per heavy atom. The number of rotatable bonds is 7. The number of benzene rings is 2. The highest BCUT2D eigenvalue weighted by Gasteiger charge is 2.09. The molecule has 5 heteroatoms. The van der Waals surface area contributed by atoms with Crippen LogP contribution >= 0.6 is 0 Å². The molecule has 122 valence electrons. The van der Waals surface area contributed by atoms with Gasteiger partial charge in [-0.05, 0) is 35.9 Å². The third-order valence-electron chi connectivity index (χ3n) is 3.44. The molecule has 4 nitrogen and oxygen atoms in total. The second kappa shape index (κ2) is 8.29. The molecule has 2 aromatic rings. The maximum absolute atomic E-state index is 13.7. The molecule has 0 saturated heterocycles. The minimum atomic E-state index is -0.467. The van der Waals surface area contributed by atoms with Crippen molar-refractivity contribution in [1.82, 2.24) is 5.32 Å². The van der Waals surface area contributed by atoms with Gasteiger partial charge in [-0.2, -0.15) is 0 Å². The highest BCUT2D eigenvalue weighted by atomic mass is 19.1. The number of hydrogen-bond donors (Lipinski definition) is 2. The first kappa shape index (κ1) is 17.0. The van der Waals surface area contributed by atoms with Crippen LogP contribution in [0.25, 0.3) is 0 Å². The maximum Gasteiger partial charge on any atom is 0.228 e. The van der Waals surface area contributed by atoms with Crippen LogP contribution in [-0.2, 0) is 17.8 Å². The largest absolute Gasteiger partial charge is 0.494 e. The van der Waals surface area contributed by atoms with Crippen LogP contribution in [0.15, 0.2) is 42.5 Å². The lowest BCUT2D eigenvalue weighted by Gasteiger charge is -2.11. The Kier molecular flexibility index (Phi) is 6.11. The molecule has 0 heterocycles. The van der Waals surface area contributed by atoms with Gasteiger partial charge >= 0.3 is 0 Å². The number of amides is 1. The van der Waals surface area contributed by atoms with Crippen LogP contribution in [-0.4, -0.2) is 19.6 Å². The van der Waals surface area contributed by atoms with Gasteiger partial charge in [-0.3, -0.25) is 4.79 Å². The van der Waals surface area contributed by atoms with Crippen molar-refractivity contribution in [3.05, 3.63) is 59.4 Å². The second-order valence-electron chi connectivity index (χ2n) is 5.13. The number of hydrogen-bond acceptors (Lipinski definition) is 3. The van der Waals surface area contributed by atoms with Gasteiger partial charge in [0.05, 0.1) is 13.5 Å². The van der Waals surface area contributed by atoms with E-state index in [1.807, 2.05) is 31.2 Å². The molecule has 0 spiro atoms. The van der Waals surface area contributed by atoms with E-state index in [2.05, 4.69) is 10.6 Å². The van der Waals surface area contributed by atoms with Gasteiger partial charge in [0.15, 0.2) is 11.6 Å². The highest BCUT2D eigenvalue weighted by molar-refractivity contribution is 5.93. The molecule has 0 atom stereocenters. The van der Waals surface area contributed by atoms with Gasteiger partial charge in [0.1, 0.15) is 0 Å². The van der Waals surface area contributed by atoms with Gasteiger partial charge in [-0.15, -0.1) is 0 Å². The summed E-state index contributed by atoms with van der Waals surface area (Å²) in [7, 11) is 1.41. The average Bonchev–Trinajstić information content (AvgIpc) is 2.54. The summed E-state index contributed by atoms with van der Waals surface area (Å²) < 4.78 is 18.5. The summed E-state index contributed by atoms with van der Waals surface area (Å²) in [6.07, 6.45) is 0.108. The van der Waals surface area contributed by atoms with Crippen molar-refractivity contribution in [2.75, 3.05) is 19.0 Å². The van der Waals surface area contributed by atoms with Crippen LogP contribution in [0, 0.1) is 5.82 Å². The third kappa shape index (κ3) is 4.79.